The Hall–Kier alpha value is -0.0800. The van der Waals surface area contributed by atoms with Crippen LogP contribution in [0.1, 0.15) is 39.5 Å². The van der Waals surface area contributed by atoms with E-state index in [9.17, 15) is 5.11 Å². The molecule has 1 rings (SSSR count). The van der Waals surface area contributed by atoms with Gasteiger partial charge in [-0.1, -0.05) is 20.3 Å². The molecule has 0 aromatic rings. The predicted molar refractivity (Wildman–Crippen MR) is 50.8 cm³/mol. The van der Waals surface area contributed by atoms with Crippen LogP contribution in [0, 0.1) is 11.8 Å². The van der Waals surface area contributed by atoms with Gasteiger partial charge in [0.1, 0.15) is 0 Å². The van der Waals surface area contributed by atoms with E-state index in [4.69, 9.17) is 5.73 Å². The maximum absolute atomic E-state index is 10.2. The molecule has 0 radical (unpaired) electrons. The van der Waals surface area contributed by atoms with Crippen LogP contribution in [0.2, 0.25) is 0 Å². The fourth-order valence-corrected chi connectivity index (χ4v) is 2.31. The molecule has 3 unspecified atom stereocenters. The van der Waals surface area contributed by atoms with E-state index in [1.807, 2.05) is 0 Å². The standard InChI is InChI=1S/C10H21NO/c1-8-3-4-9(2)10(12,7-8)5-6-11/h8-9,12H,3-7,11H2,1-2H3. The quantitative estimate of drug-likeness (QED) is 0.661. The van der Waals surface area contributed by atoms with Crippen LogP contribution in [-0.4, -0.2) is 17.3 Å². The largest absolute Gasteiger partial charge is 0.390 e. The molecule has 0 bridgehead atoms. The predicted octanol–water partition coefficient (Wildman–Crippen LogP) is 1.52. The highest BCUT2D eigenvalue weighted by Gasteiger charge is 2.37. The molecule has 72 valence electrons. The Morgan fingerprint density at radius 1 is 1.42 bits per heavy atom. The molecule has 1 saturated carbocycles. The molecule has 0 spiro atoms. The van der Waals surface area contributed by atoms with Crippen LogP contribution in [0.4, 0.5) is 0 Å². The van der Waals surface area contributed by atoms with Crippen molar-refractivity contribution in [2.75, 3.05) is 6.54 Å². The van der Waals surface area contributed by atoms with Gasteiger partial charge in [-0.3, -0.25) is 0 Å². The third-order valence-electron chi connectivity index (χ3n) is 3.29. The third-order valence-corrected chi connectivity index (χ3v) is 3.29. The first-order valence-corrected chi connectivity index (χ1v) is 5.01. The molecule has 0 aliphatic heterocycles. The molecule has 1 fully saturated rings. The lowest BCUT2D eigenvalue weighted by molar-refractivity contribution is -0.0609. The average Bonchev–Trinajstić information content (AvgIpc) is 1.98. The van der Waals surface area contributed by atoms with Crippen molar-refractivity contribution in [3.63, 3.8) is 0 Å². The summed E-state index contributed by atoms with van der Waals surface area (Å²) in [5.74, 6) is 1.09. The van der Waals surface area contributed by atoms with Crippen LogP contribution in [0.3, 0.4) is 0 Å². The van der Waals surface area contributed by atoms with Crippen molar-refractivity contribution in [3.05, 3.63) is 0 Å². The second kappa shape index (κ2) is 3.75. The Morgan fingerprint density at radius 3 is 2.67 bits per heavy atom. The molecule has 0 aromatic carbocycles. The van der Waals surface area contributed by atoms with Gasteiger partial charge in [0.2, 0.25) is 0 Å². The third kappa shape index (κ3) is 1.99. The summed E-state index contributed by atoms with van der Waals surface area (Å²) in [6, 6.07) is 0. The lowest BCUT2D eigenvalue weighted by Crippen LogP contribution is -2.43. The summed E-state index contributed by atoms with van der Waals surface area (Å²) in [4.78, 5) is 0. The van der Waals surface area contributed by atoms with Gasteiger partial charge in [-0.05, 0) is 37.6 Å². The van der Waals surface area contributed by atoms with Crippen molar-refractivity contribution < 1.29 is 5.11 Å². The van der Waals surface area contributed by atoms with E-state index in [2.05, 4.69) is 13.8 Å². The highest BCUT2D eigenvalue weighted by Crippen LogP contribution is 2.38. The summed E-state index contributed by atoms with van der Waals surface area (Å²) in [5.41, 5.74) is 5.03. The van der Waals surface area contributed by atoms with Gasteiger partial charge in [-0.25, -0.2) is 0 Å². The molecule has 0 heterocycles. The van der Waals surface area contributed by atoms with Crippen molar-refractivity contribution in [2.45, 2.75) is 45.1 Å². The SMILES string of the molecule is CC1CCC(C)C(O)(CCN)C1. The molecule has 2 nitrogen and oxygen atoms in total. The average molecular weight is 171 g/mol. The van der Waals surface area contributed by atoms with Crippen LogP contribution in [0.25, 0.3) is 0 Å². The zero-order valence-corrected chi connectivity index (χ0v) is 8.21. The fraction of sp³-hybridized carbons (Fsp3) is 1.00. The number of hydrogen-bond donors (Lipinski definition) is 2. The monoisotopic (exact) mass is 171 g/mol. The molecule has 12 heavy (non-hydrogen) atoms. The van der Waals surface area contributed by atoms with E-state index >= 15 is 0 Å². The molecular formula is C10H21NO. The summed E-state index contributed by atoms with van der Waals surface area (Å²) >= 11 is 0. The normalized spacial score (nSPS) is 43.0. The zero-order chi connectivity index (χ0) is 9.19. The van der Waals surface area contributed by atoms with E-state index in [-0.39, 0.29) is 0 Å². The molecular weight excluding hydrogens is 150 g/mol. The van der Waals surface area contributed by atoms with Gasteiger partial charge in [0.05, 0.1) is 5.60 Å². The molecule has 0 aromatic heterocycles. The van der Waals surface area contributed by atoms with Crippen LogP contribution in [0.5, 0.6) is 0 Å². The highest BCUT2D eigenvalue weighted by molar-refractivity contribution is 4.90. The van der Waals surface area contributed by atoms with Gasteiger partial charge in [0, 0.05) is 0 Å². The maximum Gasteiger partial charge on any atom is 0.0687 e. The summed E-state index contributed by atoms with van der Waals surface area (Å²) in [6.07, 6.45) is 4.11. The molecule has 1 aliphatic rings. The number of hydrogen-bond acceptors (Lipinski definition) is 2. The van der Waals surface area contributed by atoms with Crippen molar-refractivity contribution in [2.24, 2.45) is 17.6 Å². The maximum atomic E-state index is 10.2. The summed E-state index contributed by atoms with van der Waals surface area (Å²) in [6.45, 7) is 4.96. The first-order valence-electron chi connectivity index (χ1n) is 5.01. The molecule has 3 N–H and O–H groups in total. The van der Waals surface area contributed by atoms with Crippen LogP contribution in [-0.2, 0) is 0 Å². The molecule has 0 amide bonds. The number of nitrogens with two attached hydrogens (primary N) is 1. The number of aliphatic hydroxyl groups is 1. The second-order valence-electron chi connectivity index (χ2n) is 4.43. The lowest BCUT2D eigenvalue weighted by atomic mass is 9.70. The van der Waals surface area contributed by atoms with Crippen molar-refractivity contribution in [3.8, 4) is 0 Å². The Labute approximate surface area is 75.2 Å². The van der Waals surface area contributed by atoms with Gasteiger partial charge >= 0.3 is 0 Å². The van der Waals surface area contributed by atoms with Crippen molar-refractivity contribution >= 4 is 0 Å². The lowest BCUT2D eigenvalue weighted by Gasteiger charge is -2.41. The van der Waals surface area contributed by atoms with E-state index in [0.717, 1.165) is 19.3 Å². The summed E-state index contributed by atoms with van der Waals surface area (Å²) in [7, 11) is 0. The molecule has 1 aliphatic carbocycles. The summed E-state index contributed by atoms with van der Waals surface area (Å²) in [5, 5.41) is 10.2. The molecule has 2 heteroatoms. The van der Waals surface area contributed by atoms with Crippen molar-refractivity contribution in [1.82, 2.24) is 0 Å². The van der Waals surface area contributed by atoms with Crippen molar-refractivity contribution in [1.29, 1.82) is 0 Å². The van der Waals surface area contributed by atoms with Crippen LogP contribution >= 0.6 is 0 Å². The van der Waals surface area contributed by atoms with Crippen LogP contribution < -0.4 is 5.73 Å². The second-order valence-corrected chi connectivity index (χ2v) is 4.43. The Bertz CT molecular complexity index is 149. The summed E-state index contributed by atoms with van der Waals surface area (Å²) < 4.78 is 0. The topological polar surface area (TPSA) is 46.2 Å². The fourth-order valence-electron chi connectivity index (χ4n) is 2.31. The first-order chi connectivity index (χ1) is 5.58. The Morgan fingerprint density at radius 2 is 2.08 bits per heavy atom. The van der Waals surface area contributed by atoms with Gasteiger partial charge in [-0.15, -0.1) is 0 Å². The van der Waals surface area contributed by atoms with Gasteiger partial charge in [0.15, 0.2) is 0 Å². The molecule has 0 saturated heterocycles. The zero-order valence-electron chi connectivity index (χ0n) is 8.21. The first kappa shape index (κ1) is 10.0. The molecule has 3 atom stereocenters. The van der Waals surface area contributed by atoms with E-state index in [1.165, 1.54) is 6.42 Å². The van der Waals surface area contributed by atoms with Gasteiger partial charge in [-0.2, -0.15) is 0 Å². The van der Waals surface area contributed by atoms with E-state index < -0.39 is 5.60 Å². The smallest absolute Gasteiger partial charge is 0.0687 e. The Kier molecular flexibility index (Phi) is 3.13. The van der Waals surface area contributed by atoms with Gasteiger partial charge in [0.25, 0.3) is 0 Å². The number of rotatable bonds is 2. The van der Waals surface area contributed by atoms with Crippen LogP contribution in [0.15, 0.2) is 0 Å². The van der Waals surface area contributed by atoms with Gasteiger partial charge < -0.3 is 10.8 Å². The van der Waals surface area contributed by atoms with E-state index in [0.29, 0.717) is 18.4 Å². The minimum absolute atomic E-state index is 0.428. The Balaban J connectivity index is 2.57. The minimum Gasteiger partial charge on any atom is -0.390 e. The highest BCUT2D eigenvalue weighted by atomic mass is 16.3. The van der Waals surface area contributed by atoms with E-state index in [1.54, 1.807) is 0 Å². The minimum atomic E-state index is -0.466.